The van der Waals surface area contributed by atoms with Gasteiger partial charge in [0.05, 0.1) is 22.4 Å². The predicted octanol–water partition coefficient (Wildman–Crippen LogP) is 13.9. The molecule has 0 N–H and O–H groups in total. The molecule has 0 saturated heterocycles. The fourth-order valence-electron chi connectivity index (χ4n) is 8.67. The molecular formula is C51H38N2. The van der Waals surface area contributed by atoms with Crippen molar-refractivity contribution >= 4 is 38.9 Å². The van der Waals surface area contributed by atoms with E-state index in [0.29, 0.717) is 0 Å². The standard InChI is InChI=1S/C51H38N2/c1-51(2)44-21-10-6-20-43(44)50-45(51)22-14-26-49(50)53(46-23-11-7-17-40(46)37-15-4-3-5-16-37)39-33-29-36(30-34-39)35-27-31-38(32-28-35)52-47-24-12-8-18-41(47)42-19-9-13-25-48(42)52/h3-34H,1-2H3. The number of nitrogens with zero attached hydrogens (tertiary/aromatic N) is 2. The van der Waals surface area contributed by atoms with Gasteiger partial charge in [0, 0.05) is 38.7 Å². The average molecular weight is 679 g/mol. The molecule has 1 aliphatic carbocycles. The molecule has 1 aromatic heterocycles. The van der Waals surface area contributed by atoms with Crippen molar-refractivity contribution in [2.75, 3.05) is 4.90 Å². The highest BCUT2D eigenvalue weighted by Crippen LogP contribution is 2.54. The summed E-state index contributed by atoms with van der Waals surface area (Å²) in [6.45, 7) is 4.70. The molecule has 252 valence electrons. The van der Waals surface area contributed by atoms with Crippen molar-refractivity contribution < 1.29 is 0 Å². The molecule has 2 nitrogen and oxygen atoms in total. The van der Waals surface area contributed by atoms with Crippen molar-refractivity contribution in [1.82, 2.24) is 4.57 Å². The lowest BCUT2D eigenvalue weighted by atomic mass is 9.82. The zero-order chi connectivity index (χ0) is 35.5. The maximum Gasteiger partial charge on any atom is 0.0543 e. The van der Waals surface area contributed by atoms with Crippen LogP contribution in [0.15, 0.2) is 194 Å². The Morgan fingerprint density at radius 2 is 0.925 bits per heavy atom. The number of hydrogen-bond donors (Lipinski definition) is 0. The van der Waals surface area contributed by atoms with Crippen molar-refractivity contribution in [3.8, 4) is 39.1 Å². The monoisotopic (exact) mass is 678 g/mol. The molecule has 0 spiro atoms. The van der Waals surface area contributed by atoms with Gasteiger partial charge in [0.25, 0.3) is 0 Å². The summed E-state index contributed by atoms with van der Waals surface area (Å²) in [6.07, 6.45) is 0. The van der Waals surface area contributed by atoms with Crippen LogP contribution in [0.25, 0.3) is 60.9 Å². The van der Waals surface area contributed by atoms with Crippen LogP contribution >= 0.6 is 0 Å². The van der Waals surface area contributed by atoms with Gasteiger partial charge in [0.1, 0.15) is 0 Å². The minimum absolute atomic E-state index is 0.0954. The Morgan fingerprint density at radius 3 is 1.62 bits per heavy atom. The lowest BCUT2D eigenvalue weighted by Gasteiger charge is -2.30. The largest absolute Gasteiger partial charge is 0.309 e. The summed E-state index contributed by atoms with van der Waals surface area (Å²) in [5.74, 6) is 0. The Hall–Kier alpha value is -6.64. The third-order valence-corrected chi connectivity index (χ3v) is 11.2. The molecule has 0 bridgehead atoms. The molecule has 0 fully saturated rings. The predicted molar refractivity (Wildman–Crippen MR) is 224 cm³/mol. The summed E-state index contributed by atoms with van der Waals surface area (Å²) in [5.41, 5.74) is 17.1. The molecule has 8 aromatic carbocycles. The molecule has 0 saturated carbocycles. The van der Waals surface area contributed by atoms with Gasteiger partial charge in [0.15, 0.2) is 0 Å². The first-order valence-corrected chi connectivity index (χ1v) is 18.4. The third kappa shape index (κ3) is 4.94. The summed E-state index contributed by atoms with van der Waals surface area (Å²) < 4.78 is 2.37. The average Bonchev–Trinajstić information content (AvgIpc) is 3.68. The number of fused-ring (bicyclic) bond motifs is 6. The highest BCUT2D eigenvalue weighted by Gasteiger charge is 2.37. The molecule has 0 amide bonds. The van der Waals surface area contributed by atoms with Crippen LogP contribution in [0.4, 0.5) is 17.1 Å². The molecule has 0 unspecified atom stereocenters. The van der Waals surface area contributed by atoms with Crippen LogP contribution in [-0.2, 0) is 5.41 Å². The van der Waals surface area contributed by atoms with Gasteiger partial charge in [-0.2, -0.15) is 0 Å². The van der Waals surface area contributed by atoms with Crippen molar-refractivity contribution in [3.63, 3.8) is 0 Å². The second-order valence-corrected chi connectivity index (χ2v) is 14.6. The number of benzene rings is 8. The summed E-state index contributed by atoms with van der Waals surface area (Å²) in [6, 6.07) is 70.7. The fourth-order valence-corrected chi connectivity index (χ4v) is 8.67. The molecule has 0 atom stereocenters. The van der Waals surface area contributed by atoms with Crippen molar-refractivity contribution in [2.45, 2.75) is 19.3 Å². The molecule has 2 heteroatoms. The van der Waals surface area contributed by atoms with E-state index in [1.54, 1.807) is 0 Å². The maximum absolute atomic E-state index is 2.47. The first kappa shape index (κ1) is 31.1. The van der Waals surface area contributed by atoms with E-state index >= 15 is 0 Å². The minimum Gasteiger partial charge on any atom is -0.309 e. The molecule has 0 aliphatic heterocycles. The van der Waals surface area contributed by atoms with Crippen LogP contribution in [0.2, 0.25) is 0 Å². The summed E-state index contributed by atoms with van der Waals surface area (Å²) in [5, 5.41) is 2.55. The van der Waals surface area contributed by atoms with Gasteiger partial charge in [-0.15, -0.1) is 0 Å². The van der Waals surface area contributed by atoms with Crippen molar-refractivity contribution in [3.05, 3.63) is 205 Å². The number of anilines is 3. The Bertz CT molecular complexity index is 2730. The van der Waals surface area contributed by atoms with E-state index in [0.717, 1.165) is 17.1 Å². The van der Waals surface area contributed by atoms with E-state index in [-0.39, 0.29) is 5.41 Å². The van der Waals surface area contributed by atoms with Crippen LogP contribution in [0.3, 0.4) is 0 Å². The van der Waals surface area contributed by atoms with Crippen molar-refractivity contribution in [1.29, 1.82) is 0 Å². The topological polar surface area (TPSA) is 8.17 Å². The van der Waals surface area contributed by atoms with Crippen LogP contribution < -0.4 is 4.90 Å². The quantitative estimate of drug-likeness (QED) is 0.170. The normalized spacial score (nSPS) is 12.9. The summed E-state index contributed by atoms with van der Waals surface area (Å²) in [4.78, 5) is 2.47. The van der Waals surface area contributed by atoms with Gasteiger partial charge in [-0.05, 0) is 81.9 Å². The summed E-state index contributed by atoms with van der Waals surface area (Å²) in [7, 11) is 0. The molecule has 1 aliphatic rings. The molecule has 9 aromatic rings. The molecule has 10 rings (SSSR count). The van der Waals surface area contributed by atoms with E-state index in [1.807, 2.05) is 0 Å². The third-order valence-electron chi connectivity index (χ3n) is 11.2. The Labute approximate surface area is 310 Å². The number of hydrogen-bond acceptors (Lipinski definition) is 1. The van der Waals surface area contributed by atoms with Crippen LogP contribution in [0, 0.1) is 0 Å². The molecule has 0 radical (unpaired) electrons. The summed E-state index contributed by atoms with van der Waals surface area (Å²) >= 11 is 0. The first-order valence-electron chi connectivity index (χ1n) is 18.4. The smallest absolute Gasteiger partial charge is 0.0543 e. The second-order valence-electron chi connectivity index (χ2n) is 14.6. The van der Waals surface area contributed by atoms with Gasteiger partial charge >= 0.3 is 0 Å². The van der Waals surface area contributed by atoms with Crippen LogP contribution in [-0.4, -0.2) is 4.57 Å². The maximum atomic E-state index is 2.47. The SMILES string of the molecule is CC1(C)c2ccccc2-c2c(N(c3ccc(-c4ccc(-n5c6ccccc6c6ccccc65)cc4)cc3)c3ccccc3-c3ccccc3)cccc21. The van der Waals surface area contributed by atoms with E-state index in [1.165, 1.54) is 72.0 Å². The molecule has 1 heterocycles. The molecule has 53 heavy (non-hydrogen) atoms. The minimum atomic E-state index is -0.0954. The Morgan fingerprint density at radius 1 is 0.396 bits per heavy atom. The van der Waals surface area contributed by atoms with E-state index in [2.05, 4.69) is 217 Å². The first-order chi connectivity index (χ1) is 26.1. The highest BCUT2D eigenvalue weighted by molar-refractivity contribution is 6.09. The van der Waals surface area contributed by atoms with E-state index in [9.17, 15) is 0 Å². The molecular weight excluding hydrogens is 641 g/mol. The van der Waals surface area contributed by atoms with Crippen LogP contribution in [0.5, 0.6) is 0 Å². The fraction of sp³-hybridized carbons (Fsp3) is 0.0588. The van der Waals surface area contributed by atoms with Crippen molar-refractivity contribution in [2.24, 2.45) is 0 Å². The number of aromatic nitrogens is 1. The van der Waals surface area contributed by atoms with Gasteiger partial charge in [-0.25, -0.2) is 0 Å². The number of para-hydroxylation sites is 3. The van der Waals surface area contributed by atoms with Gasteiger partial charge < -0.3 is 9.47 Å². The zero-order valence-corrected chi connectivity index (χ0v) is 29.9. The lowest BCUT2D eigenvalue weighted by Crippen LogP contribution is -2.16. The Balaban J connectivity index is 1.09. The lowest BCUT2D eigenvalue weighted by molar-refractivity contribution is 0.660. The van der Waals surface area contributed by atoms with Gasteiger partial charge in [-0.1, -0.05) is 159 Å². The Kier molecular flexibility index (Phi) is 7.19. The zero-order valence-electron chi connectivity index (χ0n) is 29.9. The van der Waals surface area contributed by atoms with E-state index < -0.39 is 0 Å². The van der Waals surface area contributed by atoms with Gasteiger partial charge in [-0.3, -0.25) is 0 Å². The van der Waals surface area contributed by atoms with E-state index in [4.69, 9.17) is 0 Å². The van der Waals surface area contributed by atoms with Crippen LogP contribution in [0.1, 0.15) is 25.0 Å². The van der Waals surface area contributed by atoms with Gasteiger partial charge in [0.2, 0.25) is 0 Å². The number of rotatable bonds is 6. The highest BCUT2D eigenvalue weighted by atomic mass is 15.1. The second kappa shape index (κ2) is 12.3.